The van der Waals surface area contributed by atoms with Crippen LogP contribution in [0.15, 0.2) is 24.3 Å². The summed E-state index contributed by atoms with van der Waals surface area (Å²) < 4.78 is 4.64. The van der Waals surface area contributed by atoms with E-state index in [-0.39, 0.29) is 11.9 Å². The molecule has 4 heteroatoms. The minimum Gasteiger partial charge on any atom is -0.469 e. The van der Waals surface area contributed by atoms with Crippen LogP contribution in [-0.4, -0.2) is 25.5 Å². The predicted octanol–water partition coefficient (Wildman–Crippen LogP) is 8.60. The molecule has 0 aromatic rings. The number of carbonyl (C=O) groups is 2. The normalized spacial score (nSPS) is 11.5. The first-order chi connectivity index (χ1) is 16.7. The van der Waals surface area contributed by atoms with Crippen LogP contribution in [0.3, 0.4) is 0 Å². The number of nitrogens with one attached hydrogen (secondary N) is 1. The van der Waals surface area contributed by atoms with Crippen LogP contribution in [0.25, 0.3) is 0 Å². The molecule has 0 aliphatic heterocycles. The molecule has 0 spiro atoms. The van der Waals surface area contributed by atoms with Gasteiger partial charge in [0.1, 0.15) is 0 Å². The summed E-state index contributed by atoms with van der Waals surface area (Å²) in [5.41, 5.74) is 0. The van der Waals surface area contributed by atoms with E-state index in [1.807, 2.05) is 0 Å². The highest BCUT2D eigenvalue weighted by Gasteiger charge is 2.01. The maximum absolute atomic E-state index is 11.9. The average molecular weight is 478 g/mol. The summed E-state index contributed by atoms with van der Waals surface area (Å²) in [5.74, 6) is 0.119. The van der Waals surface area contributed by atoms with Gasteiger partial charge in [0.15, 0.2) is 0 Å². The zero-order chi connectivity index (χ0) is 25.0. The molecule has 0 heterocycles. The van der Waals surface area contributed by atoms with E-state index in [1.54, 1.807) is 0 Å². The zero-order valence-corrected chi connectivity index (χ0v) is 22.6. The topological polar surface area (TPSA) is 55.4 Å². The lowest BCUT2D eigenvalue weighted by molar-refractivity contribution is -0.140. The van der Waals surface area contributed by atoms with E-state index in [2.05, 4.69) is 41.3 Å². The molecular weight excluding hydrogens is 422 g/mol. The van der Waals surface area contributed by atoms with Gasteiger partial charge in [-0.3, -0.25) is 9.59 Å². The standard InChI is InChI=1S/C30H55NO3/c1-3-4-5-6-7-8-9-10-11-12-13-14-17-20-23-26-29(32)31-28-25-22-19-16-15-18-21-24-27-30(33)34-2/h7-8,10-11H,3-6,9,12-28H2,1-2H3,(H,31,32)/b8-7-,11-10-. The summed E-state index contributed by atoms with van der Waals surface area (Å²) in [6, 6.07) is 0. The maximum atomic E-state index is 11.9. The van der Waals surface area contributed by atoms with Gasteiger partial charge in [0, 0.05) is 19.4 Å². The minimum atomic E-state index is -0.0995. The lowest BCUT2D eigenvalue weighted by Gasteiger charge is -2.06. The van der Waals surface area contributed by atoms with Crippen LogP contribution in [0.1, 0.15) is 142 Å². The maximum Gasteiger partial charge on any atom is 0.305 e. The third-order valence-corrected chi connectivity index (χ3v) is 6.21. The fourth-order valence-electron chi connectivity index (χ4n) is 3.97. The molecule has 0 saturated heterocycles. The van der Waals surface area contributed by atoms with Crippen LogP contribution in [0.2, 0.25) is 0 Å². The number of ether oxygens (including phenoxy) is 1. The Balaban J connectivity index is 3.27. The Bertz CT molecular complexity index is 513. The molecule has 0 aliphatic carbocycles. The molecule has 0 atom stereocenters. The van der Waals surface area contributed by atoms with Crippen molar-refractivity contribution >= 4 is 11.9 Å². The van der Waals surface area contributed by atoms with E-state index in [0.29, 0.717) is 12.8 Å². The van der Waals surface area contributed by atoms with Gasteiger partial charge in [0.25, 0.3) is 0 Å². The van der Waals surface area contributed by atoms with Crippen molar-refractivity contribution in [2.75, 3.05) is 13.7 Å². The Labute approximate surface area is 211 Å². The van der Waals surface area contributed by atoms with Gasteiger partial charge in [-0.15, -0.1) is 0 Å². The Morgan fingerprint density at radius 1 is 0.618 bits per heavy atom. The average Bonchev–Trinajstić information content (AvgIpc) is 2.84. The molecule has 1 amide bonds. The van der Waals surface area contributed by atoms with E-state index >= 15 is 0 Å². The lowest BCUT2D eigenvalue weighted by Crippen LogP contribution is -2.23. The number of esters is 1. The van der Waals surface area contributed by atoms with E-state index in [4.69, 9.17) is 0 Å². The predicted molar refractivity (Wildman–Crippen MR) is 146 cm³/mol. The van der Waals surface area contributed by atoms with Crippen molar-refractivity contribution in [3.8, 4) is 0 Å². The molecule has 4 nitrogen and oxygen atoms in total. The zero-order valence-electron chi connectivity index (χ0n) is 22.6. The monoisotopic (exact) mass is 477 g/mol. The largest absolute Gasteiger partial charge is 0.469 e. The van der Waals surface area contributed by atoms with Crippen LogP contribution in [-0.2, 0) is 14.3 Å². The second-order valence-electron chi connectivity index (χ2n) is 9.49. The highest BCUT2D eigenvalue weighted by molar-refractivity contribution is 5.75. The third-order valence-electron chi connectivity index (χ3n) is 6.21. The summed E-state index contributed by atoms with van der Waals surface area (Å²) in [6.07, 6.45) is 33.0. The molecule has 0 unspecified atom stereocenters. The number of hydrogen-bond donors (Lipinski definition) is 1. The molecule has 0 saturated carbocycles. The van der Waals surface area contributed by atoms with Gasteiger partial charge in [-0.25, -0.2) is 0 Å². The first-order valence-corrected chi connectivity index (χ1v) is 14.3. The number of allylic oxidation sites excluding steroid dienone is 4. The van der Waals surface area contributed by atoms with E-state index in [1.165, 1.54) is 90.6 Å². The van der Waals surface area contributed by atoms with Crippen LogP contribution < -0.4 is 5.32 Å². The Hall–Kier alpha value is -1.58. The second kappa shape index (κ2) is 27.7. The van der Waals surface area contributed by atoms with Crippen LogP contribution >= 0.6 is 0 Å². The summed E-state index contributed by atoms with van der Waals surface area (Å²) in [7, 11) is 1.45. The summed E-state index contributed by atoms with van der Waals surface area (Å²) in [6.45, 7) is 3.06. The Morgan fingerprint density at radius 3 is 1.71 bits per heavy atom. The fourth-order valence-corrected chi connectivity index (χ4v) is 3.97. The quantitative estimate of drug-likeness (QED) is 0.0813. The van der Waals surface area contributed by atoms with Crippen molar-refractivity contribution in [3.05, 3.63) is 24.3 Å². The molecule has 0 rings (SSSR count). The van der Waals surface area contributed by atoms with Gasteiger partial charge in [-0.1, -0.05) is 102 Å². The number of rotatable bonds is 25. The van der Waals surface area contributed by atoms with Gasteiger partial charge in [-0.05, 0) is 51.4 Å². The van der Waals surface area contributed by atoms with Crippen molar-refractivity contribution < 1.29 is 14.3 Å². The first-order valence-electron chi connectivity index (χ1n) is 14.3. The van der Waals surface area contributed by atoms with Crippen molar-refractivity contribution in [3.63, 3.8) is 0 Å². The molecule has 1 N–H and O–H groups in total. The van der Waals surface area contributed by atoms with Crippen molar-refractivity contribution in [1.82, 2.24) is 5.32 Å². The first kappa shape index (κ1) is 32.4. The number of methoxy groups -OCH3 is 1. The summed E-state index contributed by atoms with van der Waals surface area (Å²) in [5, 5.41) is 3.07. The Morgan fingerprint density at radius 2 is 1.12 bits per heavy atom. The van der Waals surface area contributed by atoms with E-state index in [0.717, 1.165) is 45.1 Å². The van der Waals surface area contributed by atoms with Gasteiger partial charge < -0.3 is 10.1 Å². The van der Waals surface area contributed by atoms with Gasteiger partial charge in [0.05, 0.1) is 7.11 Å². The van der Waals surface area contributed by atoms with Gasteiger partial charge in [0.2, 0.25) is 5.91 Å². The van der Waals surface area contributed by atoms with E-state index in [9.17, 15) is 9.59 Å². The molecule has 0 bridgehead atoms. The molecule has 34 heavy (non-hydrogen) atoms. The van der Waals surface area contributed by atoms with Gasteiger partial charge in [-0.2, -0.15) is 0 Å². The molecule has 0 aromatic carbocycles. The van der Waals surface area contributed by atoms with Crippen molar-refractivity contribution in [1.29, 1.82) is 0 Å². The minimum absolute atomic E-state index is 0.0995. The van der Waals surface area contributed by atoms with Crippen molar-refractivity contribution in [2.24, 2.45) is 0 Å². The van der Waals surface area contributed by atoms with Gasteiger partial charge >= 0.3 is 5.97 Å². The number of carbonyl (C=O) groups excluding carboxylic acids is 2. The molecular formula is C30H55NO3. The molecule has 0 aliphatic rings. The number of unbranched alkanes of at least 4 members (excludes halogenated alkanes) is 15. The fraction of sp³-hybridized carbons (Fsp3) is 0.800. The third kappa shape index (κ3) is 26.7. The van der Waals surface area contributed by atoms with Crippen LogP contribution in [0.5, 0.6) is 0 Å². The number of hydrogen-bond acceptors (Lipinski definition) is 3. The second-order valence-corrected chi connectivity index (χ2v) is 9.49. The molecule has 0 fully saturated rings. The Kier molecular flexibility index (Phi) is 26.4. The lowest BCUT2D eigenvalue weighted by atomic mass is 10.1. The molecule has 198 valence electrons. The van der Waals surface area contributed by atoms with Crippen LogP contribution in [0, 0.1) is 0 Å². The highest BCUT2D eigenvalue weighted by Crippen LogP contribution is 2.10. The van der Waals surface area contributed by atoms with Crippen LogP contribution in [0.4, 0.5) is 0 Å². The SMILES string of the molecule is CCCCC/C=C\C/C=C\CCCCCCCC(=O)NCCCCCCCCCCC(=O)OC. The summed E-state index contributed by atoms with van der Waals surface area (Å²) >= 11 is 0. The van der Waals surface area contributed by atoms with Crippen molar-refractivity contribution in [2.45, 2.75) is 142 Å². The number of amides is 1. The molecule has 0 radical (unpaired) electrons. The summed E-state index contributed by atoms with van der Waals surface area (Å²) in [4.78, 5) is 22.9. The van der Waals surface area contributed by atoms with E-state index < -0.39 is 0 Å². The molecule has 0 aromatic heterocycles. The smallest absolute Gasteiger partial charge is 0.305 e. The highest BCUT2D eigenvalue weighted by atomic mass is 16.5.